The Balaban J connectivity index is 1.54. The molecular weight excluding hydrogens is 332 g/mol. The smallest absolute Gasteiger partial charge is 0.270 e. The van der Waals surface area contributed by atoms with Crippen molar-refractivity contribution in [1.82, 2.24) is 0 Å². The molecule has 2 aliphatic rings. The van der Waals surface area contributed by atoms with Gasteiger partial charge in [-0.3, -0.25) is 10.1 Å². The van der Waals surface area contributed by atoms with Crippen molar-refractivity contribution in [2.45, 2.75) is 19.6 Å². The molecule has 0 bridgehead atoms. The number of rotatable bonds is 4. The highest BCUT2D eigenvalue weighted by atomic mass is 16.7. The van der Waals surface area contributed by atoms with Crippen LogP contribution in [0.5, 0.6) is 5.75 Å². The zero-order valence-electron chi connectivity index (χ0n) is 14.4. The number of nitrogens with one attached hydrogen (secondary N) is 1. The number of ether oxygens (including phenoxy) is 2. The molecule has 0 saturated heterocycles. The molecule has 0 saturated carbocycles. The third-order valence-corrected chi connectivity index (χ3v) is 4.95. The van der Waals surface area contributed by atoms with E-state index >= 15 is 0 Å². The second-order valence-corrected chi connectivity index (χ2v) is 6.69. The van der Waals surface area contributed by atoms with Gasteiger partial charge in [0, 0.05) is 24.1 Å². The average Bonchev–Trinajstić information content (AvgIpc) is 2.69. The zero-order chi connectivity index (χ0) is 17.9. The van der Waals surface area contributed by atoms with Crippen LogP contribution < -0.4 is 9.64 Å². The first-order chi connectivity index (χ1) is 12.7. The van der Waals surface area contributed by atoms with Crippen molar-refractivity contribution < 1.29 is 19.3 Å². The number of nitro benzene ring substituents is 1. The molecule has 134 valence electrons. The highest BCUT2D eigenvalue weighted by Gasteiger charge is 2.24. The average molecular weight is 353 g/mol. The monoisotopic (exact) mass is 353 g/mol. The van der Waals surface area contributed by atoms with Crippen molar-refractivity contribution in [3.8, 4) is 5.75 Å². The first kappa shape index (κ1) is 16.8. The number of hydrogen-bond acceptors (Lipinski definition) is 4. The van der Waals surface area contributed by atoms with Gasteiger partial charge in [0.2, 0.25) is 0 Å². The van der Waals surface area contributed by atoms with E-state index in [1.54, 1.807) is 12.1 Å². The van der Waals surface area contributed by atoms with Gasteiger partial charge >= 0.3 is 0 Å². The van der Waals surface area contributed by atoms with Crippen LogP contribution in [0.3, 0.4) is 0 Å². The SMILES string of the molecule is O=[N+]([O-])c1cc2c(c(C[NH+]3CC=C(c4ccccc4)CC3)c1)OCOC2. The fourth-order valence-corrected chi connectivity index (χ4v) is 3.64. The number of nitro groups is 1. The number of benzene rings is 2. The molecule has 0 spiro atoms. The molecule has 0 amide bonds. The topological polar surface area (TPSA) is 66.0 Å². The number of hydrogen-bond donors (Lipinski definition) is 1. The number of fused-ring (bicyclic) bond motifs is 1. The van der Waals surface area contributed by atoms with Crippen LogP contribution in [0.2, 0.25) is 0 Å². The van der Waals surface area contributed by atoms with E-state index in [-0.39, 0.29) is 17.4 Å². The summed E-state index contributed by atoms with van der Waals surface area (Å²) in [5, 5.41) is 11.2. The van der Waals surface area contributed by atoms with Gasteiger partial charge < -0.3 is 14.4 Å². The van der Waals surface area contributed by atoms with Gasteiger partial charge in [0.05, 0.1) is 30.2 Å². The summed E-state index contributed by atoms with van der Waals surface area (Å²) >= 11 is 0. The van der Waals surface area contributed by atoms with Crippen molar-refractivity contribution in [3.63, 3.8) is 0 Å². The van der Waals surface area contributed by atoms with E-state index in [0.717, 1.165) is 36.4 Å². The molecule has 6 nitrogen and oxygen atoms in total. The van der Waals surface area contributed by atoms with Crippen LogP contribution in [0.15, 0.2) is 48.5 Å². The molecule has 4 rings (SSSR count). The second kappa shape index (κ2) is 7.27. The Bertz CT molecular complexity index is 848. The number of nitrogens with zero attached hydrogens (tertiary/aromatic N) is 1. The molecule has 6 heteroatoms. The fourth-order valence-electron chi connectivity index (χ4n) is 3.64. The molecule has 0 radical (unpaired) electrons. The van der Waals surface area contributed by atoms with Crippen molar-refractivity contribution in [2.24, 2.45) is 0 Å². The van der Waals surface area contributed by atoms with Crippen LogP contribution in [0.25, 0.3) is 5.57 Å². The van der Waals surface area contributed by atoms with Gasteiger partial charge in [0.25, 0.3) is 5.69 Å². The molecule has 2 aromatic carbocycles. The maximum absolute atomic E-state index is 11.2. The lowest BCUT2D eigenvalue weighted by Gasteiger charge is -2.26. The van der Waals surface area contributed by atoms with Crippen LogP contribution in [0.4, 0.5) is 5.69 Å². The summed E-state index contributed by atoms with van der Waals surface area (Å²) in [6.45, 7) is 3.16. The van der Waals surface area contributed by atoms with Crippen LogP contribution in [0, 0.1) is 10.1 Å². The molecule has 1 unspecified atom stereocenters. The maximum Gasteiger partial charge on any atom is 0.270 e. The second-order valence-electron chi connectivity index (χ2n) is 6.69. The lowest BCUT2D eigenvalue weighted by atomic mass is 9.99. The van der Waals surface area contributed by atoms with E-state index in [1.807, 2.05) is 6.07 Å². The summed E-state index contributed by atoms with van der Waals surface area (Å²) in [5.41, 5.74) is 4.41. The van der Waals surface area contributed by atoms with Gasteiger partial charge in [-0.05, 0) is 17.2 Å². The first-order valence-corrected chi connectivity index (χ1v) is 8.79. The summed E-state index contributed by atoms with van der Waals surface area (Å²) in [6.07, 6.45) is 3.28. The lowest BCUT2D eigenvalue weighted by Crippen LogP contribution is -3.11. The molecule has 1 atom stereocenters. The Labute approximate surface area is 151 Å². The highest BCUT2D eigenvalue weighted by molar-refractivity contribution is 5.65. The standard InChI is InChI=1S/C20H20N2O4/c23-22(24)19-10-17(20-18(11-19)13-25-14-26-20)12-21-8-6-16(7-9-21)15-4-2-1-3-5-15/h1-6,10-11H,7-9,12-14H2/p+1. The van der Waals surface area contributed by atoms with Gasteiger partial charge in [0.1, 0.15) is 12.3 Å². The van der Waals surface area contributed by atoms with Crippen LogP contribution in [-0.2, 0) is 17.9 Å². The molecule has 0 aromatic heterocycles. The minimum absolute atomic E-state index is 0.102. The first-order valence-electron chi connectivity index (χ1n) is 8.79. The van der Waals surface area contributed by atoms with E-state index < -0.39 is 0 Å². The maximum atomic E-state index is 11.2. The normalized spacial score (nSPS) is 19.2. The van der Waals surface area contributed by atoms with Crippen molar-refractivity contribution >= 4 is 11.3 Å². The van der Waals surface area contributed by atoms with Crippen LogP contribution in [-0.4, -0.2) is 24.8 Å². The Hall–Kier alpha value is -2.70. The third-order valence-electron chi connectivity index (χ3n) is 4.95. The van der Waals surface area contributed by atoms with Gasteiger partial charge in [-0.1, -0.05) is 30.3 Å². The molecule has 0 aliphatic carbocycles. The largest absolute Gasteiger partial charge is 0.467 e. The lowest BCUT2D eigenvalue weighted by molar-refractivity contribution is -0.908. The van der Waals surface area contributed by atoms with Gasteiger partial charge in [0.15, 0.2) is 6.79 Å². The Kier molecular flexibility index (Phi) is 4.69. The zero-order valence-corrected chi connectivity index (χ0v) is 14.4. The predicted octanol–water partition coefficient (Wildman–Crippen LogP) is 2.33. The summed E-state index contributed by atoms with van der Waals surface area (Å²) in [4.78, 5) is 12.3. The van der Waals surface area contributed by atoms with E-state index in [9.17, 15) is 10.1 Å². The van der Waals surface area contributed by atoms with E-state index in [1.165, 1.54) is 16.0 Å². The molecule has 0 fully saturated rings. The van der Waals surface area contributed by atoms with Crippen LogP contribution >= 0.6 is 0 Å². The molecule has 2 aliphatic heterocycles. The van der Waals surface area contributed by atoms with E-state index in [4.69, 9.17) is 9.47 Å². The molecule has 26 heavy (non-hydrogen) atoms. The minimum atomic E-state index is -0.350. The molecule has 1 N–H and O–H groups in total. The molecule has 2 aromatic rings. The molecule has 2 heterocycles. The third kappa shape index (κ3) is 3.47. The Morgan fingerprint density at radius 3 is 2.77 bits per heavy atom. The minimum Gasteiger partial charge on any atom is -0.467 e. The quantitative estimate of drug-likeness (QED) is 0.677. The number of non-ortho nitro benzene ring substituents is 1. The molecular formula is C20H21N2O4+. The highest BCUT2D eigenvalue weighted by Crippen LogP contribution is 2.32. The van der Waals surface area contributed by atoms with Crippen molar-refractivity contribution in [3.05, 3.63) is 75.3 Å². The Morgan fingerprint density at radius 2 is 2.04 bits per heavy atom. The predicted molar refractivity (Wildman–Crippen MR) is 96.8 cm³/mol. The van der Waals surface area contributed by atoms with Gasteiger partial charge in [-0.15, -0.1) is 0 Å². The van der Waals surface area contributed by atoms with E-state index in [2.05, 4.69) is 30.3 Å². The van der Waals surface area contributed by atoms with E-state index in [0.29, 0.717) is 13.2 Å². The van der Waals surface area contributed by atoms with Crippen molar-refractivity contribution in [1.29, 1.82) is 0 Å². The van der Waals surface area contributed by atoms with Crippen LogP contribution in [0.1, 0.15) is 23.1 Å². The summed E-state index contributed by atoms with van der Waals surface area (Å²) < 4.78 is 10.9. The summed E-state index contributed by atoms with van der Waals surface area (Å²) in [5.74, 6) is 0.757. The summed E-state index contributed by atoms with van der Waals surface area (Å²) in [7, 11) is 0. The van der Waals surface area contributed by atoms with Gasteiger partial charge in [-0.25, -0.2) is 0 Å². The van der Waals surface area contributed by atoms with Gasteiger partial charge in [-0.2, -0.15) is 0 Å². The number of quaternary nitrogens is 1. The van der Waals surface area contributed by atoms with Crippen molar-refractivity contribution in [2.75, 3.05) is 19.9 Å². The summed E-state index contributed by atoms with van der Waals surface area (Å²) in [6, 6.07) is 13.6. The fraction of sp³-hybridized carbons (Fsp3) is 0.300. The Morgan fingerprint density at radius 1 is 1.19 bits per heavy atom.